The van der Waals surface area contributed by atoms with Gasteiger partial charge in [-0.25, -0.2) is 0 Å². The van der Waals surface area contributed by atoms with Gasteiger partial charge in [-0.1, -0.05) is 183 Å². The Labute approximate surface area is 306 Å². The molecule has 0 radical (unpaired) electrons. The van der Waals surface area contributed by atoms with E-state index in [1.807, 2.05) is 0 Å². The van der Waals surface area contributed by atoms with E-state index in [0.29, 0.717) is 5.92 Å². The largest absolute Gasteiger partial charge is 0.0622 e. The molecule has 1 fully saturated rings. The lowest BCUT2D eigenvalue weighted by Gasteiger charge is -2.27. The van der Waals surface area contributed by atoms with Gasteiger partial charge < -0.3 is 0 Å². The fourth-order valence-corrected chi connectivity index (χ4v) is 9.33. The van der Waals surface area contributed by atoms with Crippen molar-refractivity contribution in [1.29, 1.82) is 0 Å². The molecular formula is C52H40. The Morgan fingerprint density at radius 1 is 0.269 bits per heavy atom. The monoisotopic (exact) mass is 664 g/mol. The van der Waals surface area contributed by atoms with Crippen molar-refractivity contribution in [1.82, 2.24) is 0 Å². The Balaban J connectivity index is 1.28. The van der Waals surface area contributed by atoms with E-state index in [1.165, 1.54) is 120 Å². The second-order valence-corrected chi connectivity index (χ2v) is 14.6. The van der Waals surface area contributed by atoms with Crippen LogP contribution in [0, 0.1) is 0 Å². The first-order valence-electron chi connectivity index (χ1n) is 19.0. The van der Waals surface area contributed by atoms with Crippen LogP contribution in [0.5, 0.6) is 0 Å². The zero-order valence-electron chi connectivity index (χ0n) is 29.4. The Morgan fingerprint density at radius 2 is 0.615 bits per heavy atom. The third kappa shape index (κ3) is 5.13. The number of hydrogen-bond donors (Lipinski definition) is 0. The van der Waals surface area contributed by atoms with E-state index < -0.39 is 0 Å². The molecule has 1 aliphatic carbocycles. The second-order valence-electron chi connectivity index (χ2n) is 14.6. The van der Waals surface area contributed by atoms with Crippen molar-refractivity contribution in [3.05, 3.63) is 181 Å². The summed E-state index contributed by atoms with van der Waals surface area (Å²) in [6, 6.07) is 65.6. The summed E-state index contributed by atoms with van der Waals surface area (Å²) in [5, 5.41) is 10.7. The fraction of sp³-hybridized carbons (Fsp3) is 0.115. The van der Waals surface area contributed by atoms with E-state index >= 15 is 0 Å². The maximum Gasteiger partial charge on any atom is -0.00262 e. The average Bonchev–Trinajstić information content (AvgIpc) is 3.22. The Morgan fingerprint density at radius 3 is 1.12 bits per heavy atom. The van der Waals surface area contributed by atoms with Crippen LogP contribution in [0.25, 0.3) is 87.6 Å². The van der Waals surface area contributed by atoms with Gasteiger partial charge in [-0.05, 0) is 124 Å². The van der Waals surface area contributed by atoms with Crippen molar-refractivity contribution in [2.75, 3.05) is 0 Å². The minimum atomic E-state index is 0.593. The topological polar surface area (TPSA) is 0 Å². The van der Waals surface area contributed by atoms with Crippen LogP contribution < -0.4 is 0 Å². The molecule has 1 aliphatic rings. The maximum atomic E-state index is 2.50. The predicted molar refractivity (Wildman–Crippen MR) is 224 cm³/mol. The first-order chi connectivity index (χ1) is 25.8. The van der Waals surface area contributed by atoms with Gasteiger partial charge in [0.15, 0.2) is 0 Å². The number of benzene rings is 9. The standard InChI is InChI=1S/C52H40/c1-5-17-35(18-6-1)49-41-25-13-15-27-43(41)51(37-21-9-3-10-22-37)47-33-39(29-31-45(47)49)40-30-32-46-48(34-40)52(38-23-11-4-12-24-38)44-28-16-14-26-42(44)50(46)36-19-7-2-8-20-36/h1,3-6,9-18,21-34,36H,2,7-8,19-20H2. The van der Waals surface area contributed by atoms with E-state index in [4.69, 9.17) is 0 Å². The minimum absolute atomic E-state index is 0.593. The maximum absolute atomic E-state index is 2.50. The van der Waals surface area contributed by atoms with E-state index in [9.17, 15) is 0 Å². The van der Waals surface area contributed by atoms with Crippen molar-refractivity contribution < 1.29 is 0 Å². The van der Waals surface area contributed by atoms with Crippen LogP contribution in [0.1, 0.15) is 43.6 Å². The normalized spacial score (nSPS) is 13.7. The molecule has 0 saturated heterocycles. The lowest BCUT2D eigenvalue weighted by atomic mass is 9.77. The molecule has 0 amide bonds. The zero-order valence-corrected chi connectivity index (χ0v) is 29.4. The number of hydrogen-bond acceptors (Lipinski definition) is 0. The Bertz CT molecular complexity index is 2730. The van der Waals surface area contributed by atoms with Crippen LogP contribution in [0.3, 0.4) is 0 Å². The number of rotatable bonds is 5. The van der Waals surface area contributed by atoms with E-state index in [0.717, 1.165) is 0 Å². The van der Waals surface area contributed by atoms with Gasteiger partial charge in [0.1, 0.15) is 0 Å². The lowest BCUT2D eigenvalue weighted by Crippen LogP contribution is -2.06. The molecule has 0 unspecified atom stereocenters. The number of fused-ring (bicyclic) bond motifs is 4. The molecule has 10 rings (SSSR count). The minimum Gasteiger partial charge on any atom is -0.0622 e. The van der Waals surface area contributed by atoms with Crippen molar-refractivity contribution in [2.24, 2.45) is 0 Å². The smallest absolute Gasteiger partial charge is 0.00262 e. The third-order valence-corrected chi connectivity index (χ3v) is 11.6. The molecule has 1 saturated carbocycles. The van der Waals surface area contributed by atoms with Crippen molar-refractivity contribution in [3.8, 4) is 44.5 Å². The molecule has 0 heteroatoms. The van der Waals surface area contributed by atoms with Crippen LogP contribution in [0.2, 0.25) is 0 Å². The van der Waals surface area contributed by atoms with Gasteiger partial charge in [0.25, 0.3) is 0 Å². The summed E-state index contributed by atoms with van der Waals surface area (Å²) >= 11 is 0. The van der Waals surface area contributed by atoms with Crippen LogP contribution in [-0.4, -0.2) is 0 Å². The van der Waals surface area contributed by atoms with Crippen molar-refractivity contribution in [2.45, 2.75) is 38.0 Å². The van der Waals surface area contributed by atoms with Crippen molar-refractivity contribution in [3.63, 3.8) is 0 Å². The van der Waals surface area contributed by atoms with Gasteiger partial charge in [-0.3, -0.25) is 0 Å². The van der Waals surface area contributed by atoms with Gasteiger partial charge in [-0.15, -0.1) is 0 Å². The molecule has 0 nitrogen and oxygen atoms in total. The molecule has 0 N–H and O–H groups in total. The SMILES string of the molecule is c1ccc(-c2c3ccccc3c(-c3ccccc3)c3cc(-c4ccc5c(C6CCCCC6)c6ccccc6c(-c6ccccc6)c5c4)ccc23)cc1. The summed E-state index contributed by atoms with van der Waals surface area (Å²) in [6.07, 6.45) is 6.54. The molecule has 0 atom stereocenters. The summed E-state index contributed by atoms with van der Waals surface area (Å²) in [5.41, 5.74) is 11.8. The van der Waals surface area contributed by atoms with E-state index in [-0.39, 0.29) is 0 Å². The van der Waals surface area contributed by atoms with Gasteiger partial charge in [-0.2, -0.15) is 0 Å². The van der Waals surface area contributed by atoms with Gasteiger partial charge in [0.05, 0.1) is 0 Å². The highest BCUT2D eigenvalue weighted by Crippen LogP contribution is 2.48. The quantitative estimate of drug-likeness (QED) is 0.161. The van der Waals surface area contributed by atoms with Crippen LogP contribution in [0.4, 0.5) is 0 Å². The van der Waals surface area contributed by atoms with E-state index in [1.54, 1.807) is 5.56 Å². The van der Waals surface area contributed by atoms with E-state index in [2.05, 4.69) is 176 Å². The predicted octanol–water partition coefficient (Wildman–Crippen LogP) is 15.0. The molecule has 0 bridgehead atoms. The fourth-order valence-electron chi connectivity index (χ4n) is 9.33. The highest BCUT2D eigenvalue weighted by molar-refractivity contribution is 6.22. The summed E-state index contributed by atoms with van der Waals surface area (Å²) in [6.45, 7) is 0. The van der Waals surface area contributed by atoms with Gasteiger partial charge in [0, 0.05) is 0 Å². The molecule has 52 heavy (non-hydrogen) atoms. The molecule has 248 valence electrons. The molecule has 9 aromatic carbocycles. The molecule has 0 spiro atoms. The second kappa shape index (κ2) is 13.0. The molecular weight excluding hydrogens is 625 g/mol. The molecule has 0 aliphatic heterocycles. The zero-order chi connectivity index (χ0) is 34.4. The summed E-state index contributed by atoms with van der Waals surface area (Å²) < 4.78 is 0. The molecule has 0 heterocycles. The van der Waals surface area contributed by atoms with Crippen LogP contribution >= 0.6 is 0 Å². The summed E-state index contributed by atoms with van der Waals surface area (Å²) in [4.78, 5) is 0. The van der Waals surface area contributed by atoms with Gasteiger partial charge in [0.2, 0.25) is 0 Å². The Hall–Kier alpha value is -5.98. The Kier molecular flexibility index (Phi) is 7.68. The summed E-state index contributed by atoms with van der Waals surface area (Å²) in [7, 11) is 0. The van der Waals surface area contributed by atoms with Gasteiger partial charge >= 0.3 is 0 Å². The summed E-state index contributed by atoms with van der Waals surface area (Å²) in [5.74, 6) is 0.593. The lowest BCUT2D eigenvalue weighted by molar-refractivity contribution is 0.447. The first kappa shape index (κ1) is 30.8. The first-order valence-corrected chi connectivity index (χ1v) is 19.0. The van der Waals surface area contributed by atoms with Crippen LogP contribution in [0.15, 0.2) is 176 Å². The molecule has 0 aromatic heterocycles. The van der Waals surface area contributed by atoms with Crippen molar-refractivity contribution >= 4 is 43.1 Å². The molecule has 9 aromatic rings. The highest BCUT2D eigenvalue weighted by Gasteiger charge is 2.24. The van der Waals surface area contributed by atoms with Crippen LogP contribution in [-0.2, 0) is 0 Å². The highest BCUT2D eigenvalue weighted by atomic mass is 14.3. The average molecular weight is 665 g/mol. The third-order valence-electron chi connectivity index (χ3n) is 11.6.